The number of rotatable bonds is 4. The maximum absolute atomic E-state index is 10.4. The summed E-state index contributed by atoms with van der Waals surface area (Å²) < 4.78 is 10.2. The van der Waals surface area contributed by atoms with Crippen molar-refractivity contribution >= 4 is 12.0 Å². The van der Waals surface area contributed by atoms with Crippen molar-refractivity contribution in [3.05, 3.63) is 29.8 Å². The summed E-state index contributed by atoms with van der Waals surface area (Å²) in [5.41, 5.74) is 0.616. The third-order valence-corrected chi connectivity index (χ3v) is 1.86. The first-order valence-corrected chi connectivity index (χ1v) is 4.31. The first-order valence-electron chi connectivity index (χ1n) is 4.31. The van der Waals surface area contributed by atoms with Crippen LogP contribution >= 0.6 is 0 Å². The second-order valence-corrected chi connectivity index (χ2v) is 2.75. The lowest BCUT2D eigenvalue weighted by atomic mass is 10.1. The summed E-state index contributed by atoms with van der Waals surface area (Å²) in [5, 5.41) is 8.53. The summed E-state index contributed by atoms with van der Waals surface area (Å²) in [6.45, 7) is 0. The van der Waals surface area contributed by atoms with Crippen molar-refractivity contribution in [2.45, 2.75) is 0 Å². The Morgan fingerprint density at radius 2 is 1.80 bits per heavy atom. The minimum atomic E-state index is -1.01. The van der Waals surface area contributed by atoms with E-state index in [4.69, 9.17) is 14.6 Å². The Morgan fingerprint density at radius 3 is 2.20 bits per heavy atom. The van der Waals surface area contributed by atoms with E-state index < -0.39 is 5.97 Å². The molecule has 0 aliphatic rings. The minimum absolute atomic E-state index is 0.576. The van der Waals surface area contributed by atoms with E-state index in [-0.39, 0.29) is 0 Å². The lowest BCUT2D eigenvalue weighted by molar-refractivity contribution is -0.131. The number of carbonyl (C=O) groups is 1. The van der Waals surface area contributed by atoms with Gasteiger partial charge in [-0.1, -0.05) is 6.07 Å². The minimum Gasteiger partial charge on any atom is -0.496 e. The zero-order valence-corrected chi connectivity index (χ0v) is 8.56. The van der Waals surface area contributed by atoms with Crippen molar-refractivity contribution in [3.63, 3.8) is 0 Å². The van der Waals surface area contributed by atoms with Gasteiger partial charge in [0.1, 0.15) is 11.5 Å². The lowest BCUT2D eigenvalue weighted by Gasteiger charge is -2.08. The number of carboxylic acid groups (broad SMARTS) is 1. The summed E-state index contributed by atoms with van der Waals surface area (Å²) in [6.07, 6.45) is 2.49. The van der Waals surface area contributed by atoms with Crippen LogP contribution in [-0.2, 0) is 4.79 Å². The normalized spacial score (nSPS) is 10.3. The van der Waals surface area contributed by atoms with Gasteiger partial charge in [0, 0.05) is 6.08 Å². The van der Waals surface area contributed by atoms with Gasteiger partial charge < -0.3 is 14.6 Å². The quantitative estimate of drug-likeness (QED) is 0.766. The van der Waals surface area contributed by atoms with E-state index in [2.05, 4.69) is 0 Å². The van der Waals surface area contributed by atoms with Gasteiger partial charge in [0.05, 0.1) is 19.8 Å². The highest BCUT2D eigenvalue weighted by molar-refractivity contribution is 5.86. The zero-order chi connectivity index (χ0) is 11.3. The zero-order valence-electron chi connectivity index (χ0n) is 8.56. The number of aliphatic carboxylic acids is 1. The molecule has 0 aliphatic heterocycles. The van der Waals surface area contributed by atoms with Crippen LogP contribution in [-0.4, -0.2) is 25.3 Å². The van der Waals surface area contributed by atoms with Gasteiger partial charge in [0.2, 0.25) is 0 Å². The Bertz CT molecular complexity index is 360. The van der Waals surface area contributed by atoms with E-state index >= 15 is 0 Å². The first kappa shape index (κ1) is 11.1. The maximum Gasteiger partial charge on any atom is 0.328 e. The van der Waals surface area contributed by atoms with Crippen LogP contribution in [0.5, 0.6) is 11.5 Å². The van der Waals surface area contributed by atoms with Crippen LogP contribution in [0, 0.1) is 0 Å². The maximum atomic E-state index is 10.4. The summed E-state index contributed by atoms with van der Waals surface area (Å²) in [4.78, 5) is 10.4. The van der Waals surface area contributed by atoms with Gasteiger partial charge in [-0.2, -0.15) is 0 Å². The number of methoxy groups -OCH3 is 2. The molecule has 0 aromatic heterocycles. The Kier molecular flexibility index (Phi) is 3.74. The summed E-state index contributed by atoms with van der Waals surface area (Å²) >= 11 is 0. The number of carboxylic acids is 1. The molecular formula is C11H12O4. The van der Waals surface area contributed by atoms with Crippen LogP contribution in [0.1, 0.15) is 5.56 Å². The molecule has 0 aliphatic carbocycles. The molecule has 0 heterocycles. The molecule has 0 fully saturated rings. The predicted octanol–water partition coefficient (Wildman–Crippen LogP) is 1.80. The molecule has 0 radical (unpaired) electrons. The Hall–Kier alpha value is -1.97. The molecule has 0 atom stereocenters. The number of benzene rings is 1. The van der Waals surface area contributed by atoms with Crippen LogP contribution in [0.25, 0.3) is 6.08 Å². The van der Waals surface area contributed by atoms with E-state index in [1.807, 2.05) is 0 Å². The molecular weight excluding hydrogens is 196 g/mol. The topological polar surface area (TPSA) is 55.8 Å². The van der Waals surface area contributed by atoms with Gasteiger partial charge in [0.25, 0.3) is 0 Å². The number of hydrogen-bond acceptors (Lipinski definition) is 3. The second kappa shape index (κ2) is 5.05. The van der Waals surface area contributed by atoms with Gasteiger partial charge in [-0.05, 0) is 18.2 Å². The molecule has 0 unspecified atom stereocenters. The largest absolute Gasteiger partial charge is 0.496 e. The van der Waals surface area contributed by atoms with Crippen molar-refractivity contribution < 1.29 is 19.4 Å². The Morgan fingerprint density at radius 1 is 1.27 bits per heavy atom. The lowest BCUT2D eigenvalue weighted by Crippen LogP contribution is -1.93. The molecule has 0 bridgehead atoms. The van der Waals surface area contributed by atoms with Crippen molar-refractivity contribution in [3.8, 4) is 11.5 Å². The highest BCUT2D eigenvalue weighted by Crippen LogP contribution is 2.29. The second-order valence-electron chi connectivity index (χ2n) is 2.75. The Labute approximate surface area is 87.7 Å². The Balaban J connectivity index is 3.16. The fourth-order valence-corrected chi connectivity index (χ4v) is 1.20. The molecule has 0 amide bonds. The smallest absolute Gasteiger partial charge is 0.328 e. The van der Waals surface area contributed by atoms with Gasteiger partial charge in [-0.3, -0.25) is 0 Å². The fraction of sp³-hybridized carbons (Fsp3) is 0.182. The molecule has 0 saturated heterocycles. The molecule has 15 heavy (non-hydrogen) atoms. The highest BCUT2D eigenvalue weighted by Gasteiger charge is 2.06. The van der Waals surface area contributed by atoms with Gasteiger partial charge in [-0.15, -0.1) is 0 Å². The van der Waals surface area contributed by atoms with Crippen LogP contribution in [0.4, 0.5) is 0 Å². The molecule has 0 saturated carbocycles. The molecule has 4 heteroatoms. The van der Waals surface area contributed by atoms with Crippen molar-refractivity contribution in [1.29, 1.82) is 0 Å². The monoisotopic (exact) mass is 208 g/mol. The fourth-order valence-electron chi connectivity index (χ4n) is 1.20. The third-order valence-electron chi connectivity index (χ3n) is 1.86. The van der Waals surface area contributed by atoms with Gasteiger partial charge in [-0.25, -0.2) is 4.79 Å². The predicted molar refractivity (Wildman–Crippen MR) is 56.2 cm³/mol. The summed E-state index contributed by atoms with van der Waals surface area (Å²) in [6, 6.07) is 5.25. The molecule has 0 spiro atoms. The average molecular weight is 208 g/mol. The molecule has 4 nitrogen and oxygen atoms in total. The van der Waals surface area contributed by atoms with Crippen molar-refractivity contribution in [1.82, 2.24) is 0 Å². The van der Waals surface area contributed by atoms with E-state index in [1.165, 1.54) is 20.3 Å². The molecule has 1 aromatic rings. The van der Waals surface area contributed by atoms with E-state index in [1.54, 1.807) is 18.2 Å². The van der Waals surface area contributed by atoms with E-state index in [9.17, 15) is 4.79 Å². The highest BCUT2D eigenvalue weighted by atomic mass is 16.5. The van der Waals surface area contributed by atoms with Crippen molar-refractivity contribution in [2.75, 3.05) is 14.2 Å². The van der Waals surface area contributed by atoms with Crippen LogP contribution < -0.4 is 9.47 Å². The number of ether oxygens (including phenoxy) is 2. The average Bonchev–Trinajstić information content (AvgIpc) is 2.25. The molecule has 1 rings (SSSR count). The first-order chi connectivity index (χ1) is 7.19. The van der Waals surface area contributed by atoms with Gasteiger partial charge >= 0.3 is 5.97 Å². The van der Waals surface area contributed by atoms with Crippen LogP contribution in [0.15, 0.2) is 24.3 Å². The number of hydrogen-bond donors (Lipinski definition) is 1. The van der Waals surface area contributed by atoms with Crippen LogP contribution in [0.2, 0.25) is 0 Å². The molecule has 1 N–H and O–H groups in total. The standard InChI is InChI=1S/C11H12O4/c1-14-9-4-3-5-10(15-2)8(9)6-7-11(12)13/h3-7H,1-2H3,(H,12,13)/b7-6-. The van der Waals surface area contributed by atoms with Gasteiger partial charge in [0.15, 0.2) is 0 Å². The summed E-state index contributed by atoms with van der Waals surface area (Å²) in [5.74, 6) is 0.140. The SMILES string of the molecule is COc1cccc(OC)c1/C=C\C(=O)O. The third kappa shape index (κ3) is 2.74. The molecule has 80 valence electrons. The van der Waals surface area contributed by atoms with E-state index in [0.29, 0.717) is 17.1 Å². The van der Waals surface area contributed by atoms with E-state index in [0.717, 1.165) is 6.08 Å². The van der Waals surface area contributed by atoms with Crippen molar-refractivity contribution in [2.24, 2.45) is 0 Å². The molecule has 1 aromatic carbocycles. The summed E-state index contributed by atoms with van der Waals surface area (Å²) in [7, 11) is 3.04. The van der Waals surface area contributed by atoms with Crippen LogP contribution in [0.3, 0.4) is 0 Å².